The average molecular weight is 287 g/mol. The minimum Gasteiger partial charge on any atom is -0.437 e. The van der Waals surface area contributed by atoms with Crippen LogP contribution in [0, 0.1) is 0 Å². The van der Waals surface area contributed by atoms with Crippen molar-refractivity contribution >= 4 is 15.4 Å². The summed E-state index contributed by atoms with van der Waals surface area (Å²) in [4.78, 5) is 2.08. The van der Waals surface area contributed by atoms with Crippen LogP contribution in [0.25, 0.3) is 0 Å². The van der Waals surface area contributed by atoms with E-state index in [0.717, 1.165) is 13.0 Å². The lowest BCUT2D eigenvalue weighted by molar-refractivity contribution is 0.141. The summed E-state index contributed by atoms with van der Waals surface area (Å²) in [5, 5.41) is 10.1. The van der Waals surface area contributed by atoms with E-state index in [2.05, 4.69) is 38.7 Å². The van der Waals surface area contributed by atoms with Crippen molar-refractivity contribution in [2.75, 3.05) is 20.3 Å². The molecule has 0 saturated carbocycles. The van der Waals surface area contributed by atoms with Gasteiger partial charge in [0.25, 0.3) is 0 Å². The second-order valence-corrected chi connectivity index (χ2v) is 11.9. The Morgan fingerprint density at radius 2 is 1.95 bits per heavy atom. The second-order valence-electron chi connectivity index (χ2n) is 7.17. The fraction of sp³-hybridized carbons (Fsp3) is 1.00. The molecule has 0 aromatic heterocycles. The molecule has 1 fully saturated rings. The highest BCUT2D eigenvalue weighted by atomic mass is 28.4. The van der Waals surface area contributed by atoms with Crippen LogP contribution in [-0.4, -0.2) is 57.6 Å². The lowest BCUT2D eigenvalue weighted by atomic mass is 9.84. The summed E-state index contributed by atoms with van der Waals surface area (Å²) in [6.07, 6.45) is 1.17. The molecule has 0 spiro atoms. The number of nitrogens with zero attached hydrogens (tertiary/aromatic N) is 1. The fourth-order valence-electron chi connectivity index (χ4n) is 2.39. The maximum absolute atomic E-state index is 9.85. The van der Waals surface area contributed by atoms with Crippen LogP contribution >= 0.6 is 0 Å². The molecule has 0 unspecified atom stereocenters. The van der Waals surface area contributed by atoms with Crippen LogP contribution < -0.4 is 0 Å². The highest BCUT2D eigenvalue weighted by Gasteiger charge is 2.43. The maximum atomic E-state index is 9.85. The Bertz CT molecular complexity index is 294. The number of methoxy groups -OCH3 is 1. The summed E-state index contributed by atoms with van der Waals surface area (Å²) in [6, 6.07) is 0.264. The standard InChI is InChI=1S/C13H30BNO3Si/c1-13(2,3)19(6,7)18-12-8-11(10-17-5)15(9-12)14(4)16/h11-12,16H,8-10H2,1-7H3/t11-,12+/m0/s1. The zero-order chi connectivity index (χ0) is 14.8. The topological polar surface area (TPSA) is 41.9 Å². The molecule has 19 heavy (non-hydrogen) atoms. The highest BCUT2D eigenvalue weighted by Crippen LogP contribution is 2.38. The van der Waals surface area contributed by atoms with Gasteiger partial charge >= 0.3 is 7.05 Å². The van der Waals surface area contributed by atoms with Crippen molar-refractivity contribution in [3.63, 3.8) is 0 Å². The molecule has 1 heterocycles. The molecule has 1 rings (SSSR count). The van der Waals surface area contributed by atoms with E-state index in [9.17, 15) is 5.02 Å². The van der Waals surface area contributed by atoms with Gasteiger partial charge in [-0.1, -0.05) is 20.8 Å². The first-order chi connectivity index (χ1) is 8.58. The third-order valence-electron chi connectivity index (χ3n) is 4.52. The van der Waals surface area contributed by atoms with Crippen molar-refractivity contribution < 1.29 is 14.2 Å². The first-order valence-corrected chi connectivity index (χ1v) is 10.1. The van der Waals surface area contributed by atoms with Crippen LogP contribution in [0.2, 0.25) is 25.0 Å². The Balaban J connectivity index is 2.67. The van der Waals surface area contributed by atoms with E-state index in [1.54, 1.807) is 7.11 Å². The fourth-order valence-corrected chi connectivity index (χ4v) is 3.75. The van der Waals surface area contributed by atoms with Gasteiger partial charge in [0, 0.05) is 19.7 Å². The van der Waals surface area contributed by atoms with E-state index in [-0.39, 0.29) is 17.2 Å². The van der Waals surface area contributed by atoms with Crippen LogP contribution in [0.3, 0.4) is 0 Å². The molecule has 2 atom stereocenters. The van der Waals surface area contributed by atoms with Crippen LogP contribution in [0.1, 0.15) is 27.2 Å². The molecular weight excluding hydrogens is 257 g/mol. The molecule has 0 radical (unpaired) electrons. The van der Waals surface area contributed by atoms with Gasteiger partial charge < -0.3 is 19.0 Å². The van der Waals surface area contributed by atoms with Gasteiger partial charge in [0.2, 0.25) is 0 Å². The highest BCUT2D eigenvalue weighted by molar-refractivity contribution is 6.74. The minimum absolute atomic E-state index is 0.218. The first-order valence-electron chi connectivity index (χ1n) is 7.19. The van der Waals surface area contributed by atoms with Gasteiger partial charge in [-0.2, -0.15) is 0 Å². The van der Waals surface area contributed by atoms with Crippen LogP contribution in [0.5, 0.6) is 0 Å². The molecule has 0 bridgehead atoms. The van der Waals surface area contributed by atoms with Crippen molar-refractivity contribution in [2.45, 2.75) is 64.3 Å². The number of hydrogen-bond acceptors (Lipinski definition) is 4. The smallest absolute Gasteiger partial charge is 0.376 e. The van der Waals surface area contributed by atoms with Gasteiger partial charge in [-0.3, -0.25) is 0 Å². The molecule has 0 aromatic rings. The summed E-state index contributed by atoms with van der Waals surface area (Å²) >= 11 is 0. The van der Waals surface area contributed by atoms with Crippen molar-refractivity contribution in [3.8, 4) is 0 Å². The van der Waals surface area contributed by atoms with E-state index in [4.69, 9.17) is 9.16 Å². The monoisotopic (exact) mass is 287 g/mol. The molecule has 1 N–H and O–H groups in total. The van der Waals surface area contributed by atoms with Crippen LogP contribution in [0.4, 0.5) is 0 Å². The quantitative estimate of drug-likeness (QED) is 0.787. The Morgan fingerprint density at radius 1 is 1.37 bits per heavy atom. The predicted molar refractivity (Wildman–Crippen MR) is 82.9 cm³/mol. The molecule has 112 valence electrons. The molecule has 4 nitrogen and oxygen atoms in total. The van der Waals surface area contributed by atoms with Crippen molar-refractivity contribution in [1.82, 2.24) is 4.81 Å². The Hall–Kier alpha value is 0.122. The third-order valence-corrected chi connectivity index (χ3v) is 9.06. The third kappa shape index (κ3) is 4.29. The van der Waals surface area contributed by atoms with E-state index < -0.39 is 15.4 Å². The molecule has 1 saturated heterocycles. The Morgan fingerprint density at radius 3 is 2.37 bits per heavy atom. The molecular formula is C13H30BNO3Si. The number of hydrogen-bond donors (Lipinski definition) is 1. The molecule has 0 aliphatic carbocycles. The zero-order valence-electron chi connectivity index (χ0n) is 13.6. The average Bonchev–Trinajstić information content (AvgIpc) is 2.59. The SMILES string of the molecule is COC[C@@H]1C[C@@H](O[Si](C)(C)C(C)(C)C)CN1B(C)O. The predicted octanol–water partition coefficient (Wildman–Crippen LogP) is 2.21. The van der Waals surface area contributed by atoms with Gasteiger partial charge in [0.1, 0.15) is 0 Å². The van der Waals surface area contributed by atoms with Crippen molar-refractivity contribution in [2.24, 2.45) is 0 Å². The Labute approximate surface area is 119 Å². The van der Waals surface area contributed by atoms with Gasteiger partial charge in [0.15, 0.2) is 8.32 Å². The summed E-state index contributed by atoms with van der Waals surface area (Å²) < 4.78 is 11.7. The summed E-state index contributed by atoms with van der Waals surface area (Å²) in [5.74, 6) is 0. The van der Waals surface area contributed by atoms with E-state index in [1.807, 2.05) is 6.82 Å². The van der Waals surface area contributed by atoms with E-state index in [1.165, 1.54) is 0 Å². The van der Waals surface area contributed by atoms with Gasteiger partial charge in [-0.05, 0) is 31.4 Å². The van der Waals surface area contributed by atoms with Crippen LogP contribution in [0.15, 0.2) is 0 Å². The normalized spacial score (nSPS) is 25.9. The number of ether oxygens (including phenoxy) is 1. The van der Waals surface area contributed by atoms with Gasteiger partial charge in [-0.25, -0.2) is 0 Å². The zero-order valence-corrected chi connectivity index (χ0v) is 14.6. The van der Waals surface area contributed by atoms with E-state index >= 15 is 0 Å². The van der Waals surface area contributed by atoms with E-state index in [0.29, 0.717) is 6.61 Å². The Kier molecular flexibility index (Phi) is 5.66. The molecule has 6 heteroatoms. The van der Waals surface area contributed by atoms with Gasteiger partial charge in [-0.15, -0.1) is 0 Å². The second kappa shape index (κ2) is 6.26. The summed E-state index contributed by atoms with van der Waals surface area (Å²) in [6.45, 7) is 14.6. The molecule has 1 aliphatic heterocycles. The molecule has 0 aromatic carbocycles. The van der Waals surface area contributed by atoms with Crippen molar-refractivity contribution in [3.05, 3.63) is 0 Å². The lowest BCUT2D eigenvalue weighted by Crippen LogP contribution is -2.46. The summed E-state index contributed by atoms with van der Waals surface area (Å²) in [7, 11) is -0.462. The lowest BCUT2D eigenvalue weighted by Gasteiger charge is -2.38. The van der Waals surface area contributed by atoms with Crippen LogP contribution in [-0.2, 0) is 9.16 Å². The largest absolute Gasteiger partial charge is 0.437 e. The molecule has 0 amide bonds. The number of rotatable bonds is 5. The molecule has 1 aliphatic rings. The minimum atomic E-state index is -1.74. The maximum Gasteiger partial charge on any atom is 0.376 e. The first kappa shape index (κ1) is 17.2. The summed E-state index contributed by atoms with van der Waals surface area (Å²) in [5.41, 5.74) is 0. The van der Waals surface area contributed by atoms with Crippen molar-refractivity contribution in [1.29, 1.82) is 0 Å². The van der Waals surface area contributed by atoms with Gasteiger partial charge in [0.05, 0.1) is 12.7 Å².